The number of nitrogens with one attached hydrogen (secondary N) is 1. The largest absolute Gasteiger partial charge is 0.388 e. The fourth-order valence-electron chi connectivity index (χ4n) is 5.71. The second-order valence-electron chi connectivity index (χ2n) is 10.9. The summed E-state index contributed by atoms with van der Waals surface area (Å²) in [5.41, 5.74) is 4.83. The lowest BCUT2D eigenvalue weighted by Crippen LogP contribution is -2.27. The van der Waals surface area contributed by atoms with Crippen LogP contribution in [-0.2, 0) is 17.8 Å². The summed E-state index contributed by atoms with van der Waals surface area (Å²) in [5, 5.41) is 26.0. The Morgan fingerprint density at radius 2 is 1.83 bits per heavy atom. The fraction of sp³-hybridized carbons (Fsp3) is 0.312. The molecule has 0 radical (unpaired) electrons. The van der Waals surface area contributed by atoms with Gasteiger partial charge in [0.2, 0.25) is 11.7 Å². The molecule has 1 saturated heterocycles. The number of rotatable bonds is 9. The van der Waals surface area contributed by atoms with Crippen molar-refractivity contribution in [2.45, 2.75) is 45.3 Å². The van der Waals surface area contributed by atoms with E-state index >= 15 is 0 Å². The molecule has 1 fully saturated rings. The van der Waals surface area contributed by atoms with Gasteiger partial charge in [-0.3, -0.25) is 14.2 Å². The van der Waals surface area contributed by atoms with E-state index in [-0.39, 0.29) is 11.5 Å². The van der Waals surface area contributed by atoms with E-state index in [2.05, 4.69) is 27.5 Å². The average molecular weight is 564 g/mol. The molecule has 1 aliphatic heterocycles. The highest BCUT2D eigenvalue weighted by atomic mass is 16.3. The Balaban J connectivity index is 1.34. The van der Waals surface area contributed by atoms with Crippen LogP contribution in [0.4, 0.5) is 0 Å². The lowest BCUT2D eigenvalue weighted by Gasteiger charge is -2.19. The van der Waals surface area contributed by atoms with Gasteiger partial charge in [0.05, 0.1) is 29.5 Å². The number of likely N-dealkylation sites (tertiary alicyclic amines) is 1. The Labute approximate surface area is 243 Å². The van der Waals surface area contributed by atoms with Crippen molar-refractivity contribution < 1.29 is 9.90 Å². The number of aliphatic hydroxyl groups excluding tert-OH is 1. The SMILES string of the molecule is CCCCc1nc2ccc(C(O)C3CCN(C)C3=O)cc2c(=O)n1Cc1ccc(-c2ccccc2-c2nn[nH]n2)cc1. The summed E-state index contributed by atoms with van der Waals surface area (Å²) in [5.74, 6) is 0.686. The highest BCUT2D eigenvalue weighted by molar-refractivity contribution is 5.83. The van der Waals surface area contributed by atoms with Gasteiger partial charge in [-0.15, -0.1) is 10.2 Å². The van der Waals surface area contributed by atoms with Crippen molar-refractivity contribution >= 4 is 16.8 Å². The van der Waals surface area contributed by atoms with Crippen molar-refractivity contribution in [3.8, 4) is 22.5 Å². The molecule has 42 heavy (non-hydrogen) atoms. The molecule has 1 aliphatic rings. The summed E-state index contributed by atoms with van der Waals surface area (Å²) >= 11 is 0. The van der Waals surface area contributed by atoms with Gasteiger partial charge in [0.15, 0.2) is 0 Å². The molecule has 2 aromatic heterocycles. The van der Waals surface area contributed by atoms with Gasteiger partial charge in [0.25, 0.3) is 5.56 Å². The Bertz CT molecular complexity index is 1780. The second kappa shape index (κ2) is 11.7. The van der Waals surface area contributed by atoms with E-state index in [1.807, 2.05) is 48.5 Å². The van der Waals surface area contributed by atoms with Crippen LogP contribution in [-0.4, -0.2) is 59.7 Å². The number of tetrazole rings is 1. The summed E-state index contributed by atoms with van der Waals surface area (Å²) in [7, 11) is 1.75. The van der Waals surface area contributed by atoms with E-state index < -0.39 is 12.0 Å². The summed E-state index contributed by atoms with van der Waals surface area (Å²) in [6, 6.07) is 21.3. The number of aliphatic hydroxyl groups is 1. The number of benzene rings is 3. The number of aromatic nitrogens is 6. The molecule has 10 heteroatoms. The number of aromatic amines is 1. The number of hydrogen-bond acceptors (Lipinski definition) is 7. The first-order valence-corrected chi connectivity index (χ1v) is 14.3. The maximum absolute atomic E-state index is 13.9. The van der Waals surface area contributed by atoms with Crippen LogP contribution in [0.1, 0.15) is 49.2 Å². The van der Waals surface area contributed by atoms with Crippen LogP contribution in [0.15, 0.2) is 71.5 Å². The lowest BCUT2D eigenvalue weighted by atomic mass is 9.93. The third kappa shape index (κ3) is 5.21. The van der Waals surface area contributed by atoms with Crippen LogP contribution in [0.5, 0.6) is 0 Å². The first kappa shape index (κ1) is 27.5. The molecule has 0 saturated carbocycles. The number of carbonyl (C=O) groups is 1. The van der Waals surface area contributed by atoms with E-state index in [0.29, 0.717) is 48.2 Å². The van der Waals surface area contributed by atoms with Crippen LogP contribution in [0.25, 0.3) is 33.4 Å². The van der Waals surface area contributed by atoms with Gasteiger partial charge in [-0.25, -0.2) is 4.98 Å². The molecule has 0 bridgehead atoms. The molecule has 10 nitrogen and oxygen atoms in total. The Morgan fingerprint density at radius 3 is 2.52 bits per heavy atom. The lowest BCUT2D eigenvalue weighted by molar-refractivity contribution is -0.132. The number of H-pyrrole nitrogens is 1. The number of amides is 1. The van der Waals surface area contributed by atoms with Gasteiger partial charge in [0.1, 0.15) is 5.82 Å². The first-order valence-electron chi connectivity index (χ1n) is 14.3. The third-order valence-electron chi connectivity index (χ3n) is 8.12. The minimum absolute atomic E-state index is 0.0728. The Kier molecular flexibility index (Phi) is 7.62. The normalized spacial score (nSPS) is 15.9. The maximum atomic E-state index is 13.9. The highest BCUT2D eigenvalue weighted by Crippen LogP contribution is 2.32. The Hall–Kier alpha value is -4.70. The van der Waals surface area contributed by atoms with E-state index in [1.54, 1.807) is 34.7 Å². The molecular weight excluding hydrogens is 530 g/mol. The number of unbranched alkanes of at least 4 members (excludes halogenated alkanes) is 1. The molecule has 0 spiro atoms. The van der Waals surface area contributed by atoms with Gasteiger partial charge in [-0.05, 0) is 52.4 Å². The zero-order valence-electron chi connectivity index (χ0n) is 23.7. The van der Waals surface area contributed by atoms with Crippen LogP contribution >= 0.6 is 0 Å². The molecule has 214 valence electrons. The van der Waals surface area contributed by atoms with Crippen molar-refractivity contribution in [2.75, 3.05) is 13.6 Å². The number of fused-ring (bicyclic) bond motifs is 1. The third-order valence-corrected chi connectivity index (χ3v) is 8.12. The smallest absolute Gasteiger partial charge is 0.261 e. The maximum Gasteiger partial charge on any atom is 0.261 e. The fourth-order valence-corrected chi connectivity index (χ4v) is 5.71. The van der Waals surface area contributed by atoms with Crippen molar-refractivity contribution in [1.82, 2.24) is 35.1 Å². The van der Waals surface area contributed by atoms with Gasteiger partial charge >= 0.3 is 0 Å². The molecule has 2 N–H and O–H groups in total. The predicted molar refractivity (Wildman–Crippen MR) is 159 cm³/mol. The van der Waals surface area contributed by atoms with E-state index in [1.165, 1.54) is 0 Å². The van der Waals surface area contributed by atoms with Crippen LogP contribution in [0, 0.1) is 5.92 Å². The van der Waals surface area contributed by atoms with Crippen LogP contribution in [0.3, 0.4) is 0 Å². The summed E-state index contributed by atoms with van der Waals surface area (Å²) in [6.45, 7) is 3.10. The summed E-state index contributed by atoms with van der Waals surface area (Å²) in [4.78, 5) is 33.0. The standard InChI is InChI=1S/C32H33N7O3/c1-3-4-9-28-33-27-15-14-22(29(40)25-16-17-38(2)31(25)41)18-26(27)32(42)39(28)19-20-10-12-21(13-11-20)23-7-5-6-8-24(23)30-34-36-37-35-30/h5-8,10-15,18,25,29,40H,3-4,9,16-17,19H2,1-2H3,(H,34,35,36,37). The highest BCUT2D eigenvalue weighted by Gasteiger charge is 2.35. The summed E-state index contributed by atoms with van der Waals surface area (Å²) in [6.07, 6.45) is 2.20. The quantitative estimate of drug-likeness (QED) is 0.276. The van der Waals surface area contributed by atoms with Crippen molar-refractivity contribution in [2.24, 2.45) is 5.92 Å². The molecule has 2 unspecified atom stereocenters. The number of hydrogen-bond donors (Lipinski definition) is 2. The van der Waals surface area contributed by atoms with Crippen molar-refractivity contribution in [1.29, 1.82) is 0 Å². The molecule has 5 aromatic rings. The van der Waals surface area contributed by atoms with Crippen LogP contribution in [0.2, 0.25) is 0 Å². The monoisotopic (exact) mass is 563 g/mol. The molecule has 3 aromatic carbocycles. The van der Waals surface area contributed by atoms with Gasteiger partial charge in [-0.2, -0.15) is 5.21 Å². The minimum Gasteiger partial charge on any atom is -0.388 e. The van der Waals surface area contributed by atoms with Crippen molar-refractivity contribution in [3.05, 3.63) is 94.0 Å². The second-order valence-corrected chi connectivity index (χ2v) is 10.9. The average Bonchev–Trinajstić information content (AvgIpc) is 3.68. The zero-order valence-corrected chi connectivity index (χ0v) is 23.7. The number of carbonyl (C=O) groups excluding carboxylic acids is 1. The summed E-state index contributed by atoms with van der Waals surface area (Å²) < 4.78 is 1.74. The molecule has 6 rings (SSSR count). The minimum atomic E-state index is -0.970. The molecular formula is C32H33N7O3. The molecule has 3 heterocycles. The first-order chi connectivity index (χ1) is 20.4. The molecule has 0 aliphatic carbocycles. The molecule has 2 atom stereocenters. The van der Waals surface area contributed by atoms with Gasteiger partial charge in [-0.1, -0.05) is 67.9 Å². The van der Waals surface area contributed by atoms with Gasteiger partial charge < -0.3 is 10.0 Å². The number of nitrogens with zero attached hydrogens (tertiary/aromatic N) is 6. The van der Waals surface area contributed by atoms with Crippen LogP contribution < -0.4 is 5.56 Å². The van der Waals surface area contributed by atoms with E-state index in [4.69, 9.17) is 4.98 Å². The van der Waals surface area contributed by atoms with Gasteiger partial charge in [0, 0.05) is 25.6 Å². The predicted octanol–water partition coefficient (Wildman–Crippen LogP) is 4.15. The van der Waals surface area contributed by atoms with E-state index in [9.17, 15) is 14.7 Å². The van der Waals surface area contributed by atoms with Crippen molar-refractivity contribution in [3.63, 3.8) is 0 Å². The zero-order chi connectivity index (χ0) is 29.2. The Morgan fingerprint density at radius 1 is 1.05 bits per heavy atom. The number of aryl methyl sites for hydroxylation is 1. The topological polar surface area (TPSA) is 130 Å². The molecule has 1 amide bonds. The van der Waals surface area contributed by atoms with E-state index in [0.717, 1.165) is 40.9 Å².